The van der Waals surface area contributed by atoms with Crippen molar-refractivity contribution in [2.45, 2.75) is 25.4 Å². The highest BCUT2D eigenvalue weighted by atomic mass is 79.9. The highest BCUT2D eigenvalue weighted by Gasteiger charge is 2.44. The van der Waals surface area contributed by atoms with E-state index in [1.807, 2.05) is 11.4 Å². The van der Waals surface area contributed by atoms with Gasteiger partial charge in [0, 0.05) is 9.35 Å². The number of carbonyl (C=O) groups is 2. The van der Waals surface area contributed by atoms with Gasteiger partial charge in [0.25, 0.3) is 0 Å². The summed E-state index contributed by atoms with van der Waals surface area (Å²) in [5.74, 6) is 0.379. The van der Waals surface area contributed by atoms with Gasteiger partial charge in [0.05, 0.1) is 13.1 Å². The topological polar surface area (TPSA) is 49.4 Å². The fourth-order valence-corrected chi connectivity index (χ4v) is 3.80. The maximum atomic E-state index is 12.0. The van der Waals surface area contributed by atoms with Gasteiger partial charge < -0.3 is 10.2 Å². The first kappa shape index (κ1) is 12.2. The molecule has 6 heteroatoms. The maximum Gasteiger partial charge on any atom is 0.243 e. The van der Waals surface area contributed by atoms with Gasteiger partial charge in [-0.15, -0.1) is 11.3 Å². The van der Waals surface area contributed by atoms with Gasteiger partial charge in [-0.25, -0.2) is 0 Å². The Hall–Kier alpha value is -0.880. The minimum atomic E-state index is -0.264. The predicted molar refractivity (Wildman–Crippen MR) is 72.1 cm³/mol. The molecule has 1 saturated carbocycles. The quantitative estimate of drug-likeness (QED) is 0.918. The van der Waals surface area contributed by atoms with Crippen LogP contribution < -0.4 is 5.32 Å². The molecule has 4 nitrogen and oxygen atoms in total. The molecular weight excluding hydrogens is 316 g/mol. The highest BCUT2D eigenvalue weighted by Crippen LogP contribution is 2.37. The zero-order chi connectivity index (χ0) is 12.7. The molecule has 0 spiro atoms. The number of hydrogen-bond donors (Lipinski definition) is 1. The number of nitrogens with one attached hydrogen (secondary N) is 1. The number of nitrogens with zero attached hydrogens (tertiary/aromatic N) is 1. The number of carbonyl (C=O) groups excluding carboxylic acids is 2. The Labute approximate surface area is 117 Å². The number of rotatable bonds is 3. The Bertz CT molecular complexity index is 498. The Morgan fingerprint density at radius 2 is 2.22 bits per heavy atom. The number of thiophene rings is 1. The van der Waals surface area contributed by atoms with Crippen molar-refractivity contribution in [2.75, 3.05) is 6.54 Å². The molecule has 2 heterocycles. The molecule has 1 unspecified atom stereocenters. The average molecular weight is 329 g/mol. The van der Waals surface area contributed by atoms with E-state index in [4.69, 9.17) is 0 Å². The molecule has 2 amide bonds. The molecule has 1 aliphatic carbocycles. The van der Waals surface area contributed by atoms with E-state index < -0.39 is 0 Å². The van der Waals surface area contributed by atoms with Crippen molar-refractivity contribution in [3.8, 4) is 0 Å². The smallest absolute Gasteiger partial charge is 0.243 e. The standard InChI is InChI=1S/C12H13BrN2O2S/c13-8-3-4-18-9(8)6-15-10(16)5-14-12(17)11(15)7-1-2-7/h3-4,7,11H,1-2,5-6H2,(H,14,17). The summed E-state index contributed by atoms with van der Waals surface area (Å²) in [5.41, 5.74) is 0. The lowest BCUT2D eigenvalue weighted by Crippen LogP contribution is -2.58. The molecular formula is C12H13BrN2O2S. The van der Waals surface area contributed by atoms with Crippen LogP contribution in [0.25, 0.3) is 0 Å². The van der Waals surface area contributed by atoms with Gasteiger partial charge >= 0.3 is 0 Å². The third-order valence-corrected chi connectivity index (χ3v) is 5.32. The molecule has 2 fully saturated rings. The monoisotopic (exact) mass is 328 g/mol. The fourth-order valence-electron chi connectivity index (χ4n) is 2.33. The van der Waals surface area contributed by atoms with Crippen LogP contribution in [-0.4, -0.2) is 29.3 Å². The second-order valence-electron chi connectivity index (χ2n) is 4.71. The molecule has 0 bridgehead atoms. The zero-order valence-corrected chi connectivity index (χ0v) is 12.1. The molecule has 1 saturated heterocycles. The van der Waals surface area contributed by atoms with Crippen molar-refractivity contribution in [3.63, 3.8) is 0 Å². The molecule has 0 aromatic carbocycles. The van der Waals surface area contributed by atoms with Crippen molar-refractivity contribution >= 4 is 39.1 Å². The fraction of sp³-hybridized carbons (Fsp3) is 0.500. The minimum absolute atomic E-state index is 0.00442. The molecule has 2 aliphatic rings. The van der Waals surface area contributed by atoms with Crippen LogP contribution in [0, 0.1) is 5.92 Å². The van der Waals surface area contributed by atoms with E-state index in [9.17, 15) is 9.59 Å². The summed E-state index contributed by atoms with van der Waals surface area (Å²) in [5, 5.41) is 4.68. The zero-order valence-electron chi connectivity index (χ0n) is 9.69. The van der Waals surface area contributed by atoms with Crippen LogP contribution in [0.15, 0.2) is 15.9 Å². The first-order valence-corrected chi connectivity index (χ1v) is 7.63. The van der Waals surface area contributed by atoms with E-state index in [-0.39, 0.29) is 24.4 Å². The third kappa shape index (κ3) is 2.19. The summed E-state index contributed by atoms with van der Waals surface area (Å²) in [4.78, 5) is 26.8. The van der Waals surface area contributed by atoms with Crippen molar-refractivity contribution in [1.82, 2.24) is 10.2 Å². The molecule has 96 valence electrons. The van der Waals surface area contributed by atoms with E-state index in [0.717, 1.165) is 22.2 Å². The number of halogens is 1. The molecule has 3 rings (SSSR count). The summed E-state index contributed by atoms with van der Waals surface area (Å²) >= 11 is 5.08. The normalized spacial score (nSPS) is 24.3. The van der Waals surface area contributed by atoms with Gasteiger partial charge in [-0.1, -0.05) is 0 Å². The predicted octanol–water partition coefficient (Wildman–Crippen LogP) is 1.75. The highest BCUT2D eigenvalue weighted by molar-refractivity contribution is 9.10. The Balaban J connectivity index is 1.84. The van der Waals surface area contributed by atoms with Crippen LogP contribution in [-0.2, 0) is 16.1 Å². The van der Waals surface area contributed by atoms with Gasteiger partial charge in [-0.2, -0.15) is 0 Å². The molecule has 1 aromatic rings. The summed E-state index contributed by atoms with van der Waals surface area (Å²) in [6.07, 6.45) is 2.10. The summed E-state index contributed by atoms with van der Waals surface area (Å²) in [6.45, 7) is 0.663. The SMILES string of the molecule is O=C1NCC(=O)N(Cc2sccc2Br)C1C1CC1. The van der Waals surface area contributed by atoms with Crippen LogP contribution in [0.4, 0.5) is 0 Å². The van der Waals surface area contributed by atoms with Gasteiger partial charge in [0.2, 0.25) is 11.8 Å². The first-order valence-electron chi connectivity index (χ1n) is 5.96. The van der Waals surface area contributed by atoms with E-state index in [2.05, 4.69) is 21.2 Å². The van der Waals surface area contributed by atoms with E-state index in [1.165, 1.54) is 0 Å². The summed E-state index contributed by atoms with van der Waals surface area (Å²) < 4.78 is 1.01. The Morgan fingerprint density at radius 1 is 1.44 bits per heavy atom. The molecule has 1 aliphatic heterocycles. The molecule has 1 N–H and O–H groups in total. The number of amides is 2. The molecule has 18 heavy (non-hydrogen) atoms. The Morgan fingerprint density at radius 3 is 2.83 bits per heavy atom. The van der Waals surface area contributed by atoms with E-state index >= 15 is 0 Å². The molecule has 0 radical (unpaired) electrons. The van der Waals surface area contributed by atoms with Crippen LogP contribution >= 0.6 is 27.3 Å². The Kier molecular flexibility index (Phi) is 3.15. The lowest BCUT2D eigenvalue weighted by Gasteiger charge is -2.35. The van der Waals surface area contributed by atoms with Crippen molar-refractivity contribution in [2.24, 2.45) is 5.92 Å². The maximum absolute atomic E-state index is 12.0. The lowest BCUT2D eigenvalue weighted by atomic mass is 10.1. The largest absolute Gasteiger partial charge is 0.345 e. The second-order valence-corrected chi connectivity index (χ2v) is 6.57. The van der Waals surface area contributed by atoms with E-state index in [0.29, 0.717) is 12.5 Å². The first-order chi connectivity index (χ1) is 8.66. The van der Waals surface area contributed by atoms with Gasteiger partial charge in [-0.05, 0) is 46.1 Å². The average Bonchev–Trinajstić information content (AvgIpc) is 3.09. The van der Waals surface area contributed by atoms with Crippen LogP contribution in [0.3, 0.4) is 0 Å². The van der Waals surface area contributed by atoms with Gasteiger partial charge in [0.1, 0.15) is 6.04 Å². The van der Waals surface area contributed by atoms with Crippen LogP contribution in [0.5, 0.6) is 0 Å². The van der Waals surface area contributed by atoms with Crippen LogP contribution in [0.1, 0.15) is 17.7 Å². The van der Waals surface area contributed by atoms with E-state index in [1.54, 1.807) is 16.2 Å². The summed E-state index contributed by atoms with van der Waals surface area (Å²) in [6, 6.07) is 1.71. The van der Waals surface area contributed by atoms with Crippen molar-refractivity contribution in [1.29, 1.82) is 0 Å². The summed E-state index contributed by atoms with van der Waals surface area (Å²) in [7, 11) is 0. The van der Waals surface area contributed by atoms with Gasteiger partial charge in [-0.3, -0.25) is 9.59 Å². The minimum Gasteiger partial charge on any atom is -0.345 e. The van der Waals surface area contributed by atoms with Gasteiger partial charge in [0.15, 0.2) is 0 Å². The van der Waals surface area contributed by atoms with Crippen LogP contribution in [0.2, 0.25) is 0 Å². The third-order valence-electron chi connectivity index (χ3n) is 3.41. The van der Waals surface area contributed by atoms with Crippen molar-refractivity contribution in [3.05, 3.63) is 20.8 Å². The molecule has 1 atom stereocenters. The second kappa shape index (κ2) is 4.66. The van der Waals surface area contributed by atoms with Crippen molar-refractivity contribution < 1.29 is 9.59 Å². The molecule has 1 aromatic heterocycles. The number of hydrogen-bond acceptors (Lipinski definition) is 3. The lowest BCUT2D eigenvalue weighted by molar-refractivity contribution is -0.147. The number of piperazine rings is 1.